The van der Waals surface area contributed by atoms with Gasteiger partial charge in [-0.05, 0) is 50.1 Å². The third-order valence-corrected chi connectivity index (χ3v) is 3.42. The van der Waals surface area contributed by atoms with Gasteiger partial charge in [0.1, 0.15) is 5.82 Å². The van der Waals surface area contributed by atoms with Crippen molar-refractivity contribution >= 4 is 0 Å². The lowest BCUT2D eigenvalue weighted by molar-refractivity contribution is 0.504. The van der Waals surface area contributed by atoms with E-state index in [4.69, 9.17) is 5.84 Å². The van der Waals surface area contributed by atoms with Crippen molar-refractivity contribution in [2.75, 3.05) is 0 Å². The minimum atomic E-state index is -0.251. The maximum Gasteiger partial charge on any atom is 0.123 e. The summed E-state index contributed by atoms with van der Waals surface area (Å²) in [5.74, 6) is 5.38. The number of hydrazine groups is 1. The minimum absolute atomic E-state index is 0.152. The van der Waals surface area contributed by atoms with Gasteiger partial charge in [0.05, 0.1) is 11.7 Å². The van der Waals surface area contributed by atoms with Crippen LogP contribution in [0.3, 0.4) is 0 Å². The topological polar surface area (TPSA) is 55.9 Å². The molecule has 0 spiro atoms. The second-order valence-corrected chi connectivity index (χ2v) is 5.31. The van der Waals surface area contributed by atoms with Crippen molar-refractivity contribution in [1.29, 1.82) is 0 Å². The first-order chi connectivity index (χ1) is 9.51. The molecule has 1 unspecified atom stereocenters. The number of nitrogens with one attached hydrogen (secondary N) is 1. The Labute approximate surface area is 118 Å². The molecule has 0 saturated carbocycles. The number of hydrogen-bond acceptors (Lipinski definition) is 3. The fraction of sp³-hybridized carbons (Fsp3) is 0.400. The number of rotatable bonds is 5. The summed E-state index contributed by atoms with van der Waals surface area (Å²) >= 11 is 0. The highest BCUT2D eigenvalue weighted by atomic mass is 19.1. The number of hydrogen-bond donors (Lipinski definition) is 2. The fourth-order valence-corrected chi connectivity index (χ4v) is 2.23. The quantitative estimate of drug-likeness (QED) is 0.652. The highest BCUT2D eigenvalue weighted by Crippen LogP contribution is 2.22. The summed E-state index contributed by atoms with van der Waals surface area (Å²) in [6, 6.07) is 6.89. The standard InChI is InChI=1S/C15H21FN4/c1-10(2)20-7-6-13(19-20)9-15(18-17)14-8-12(16)5-4-11(14)3/h4-8,10,15,18H,9,17H2,1-3H3. The molecule has 108 valence electrons. The maximum absolute atomic E-state index is 13.4. The highest BCUT2D eigenvalue weighted by Gasteiger charge is 2.15. The van der Waals surface area contributed by atoms with E-state index < -0.39 is 0 Å². The van der Waals surface area contributed by atoms with E-state index in [9.17, 15) is 4.39 Å². The van der Waals surface area contributed by atoms with Crippen molar-refractivity contribution < 1.29 is 4.39 Å². The predicted octanol–water partition coefficient (Wildman–Crippen LogP) is 2.66. The van der Waals surface area contributed by atoms with E-state index in [1.54, 1.807) is 6.07 Å². The Morgan fingerprint density at radius 1 is 1.35 bits per heavy atom. The van der Waals surface area contributed by atoms with E-state index in [0.717, 1.165) is 16.8 Å². The van der Waals surface area contributed by atoms with Gasteiger partial charge < -0.3 is 0 Å². The van der Waals surface area contributed by atoms with Crippen LogP contribution in [0.1, 0.15) is 42.8 Å². The zero-order valence-electron chi connectivity index (χ0n) is 12.1. The van der Waals surface area contributed by atoms with Gasteiger partial charge in [-0.15, -0.1) is 0 Å². The highest BCUT2D eigenvalue weighted by molar-refractivity contribution is 5.30. The molecule has 4 nitrogen and oxygen atoms in total. The van der Waals surface area contributed by atoms with E-state index in [1.807, 2.05) is 23.9 Å². The van der Waals surface area contributed by atoms with Crippen LogP contribution in [0.4, 0.5) is 4.39 Å². The van der Waals surface area contributed by atoms with Gasteiger partial charge in [0.25, 0.3) is 0 Å². The summed E-state index contributed by atoms with van der Waals surface area (Å²) in [6.07, 6.45) is 2.58. The summed E-state index contributed by atoms with van der Waals surface area (Å²) in [7, 11) is 0. The molecule has 0 bridgehead atoms. The Bertz CT molecular complexity index is 577. The van der Waals surface area contributed by atoms with Gasteiger partial charge in [-0.25, -0.2) is 4.39 Å². The number of aromatic nitrogens is 2. The second kappa shape index (κ2) is 6.15. The summed E-state index contributed by atoms with van der Waals surface area (Å²) in [5, 5.41) is 4.50. The Morgan fingerprint density at radius 2 is 2.10 bits per heavy atom. The number of aryl methyl sites for hydroxylation is 1. The third kappa shape index (κ3) is 3.23. The summed E-state index contributed by atoms with van der Waals surface area (Å²) in [6.45, 7) is 6.10. The maximum atomic E-state index is 13.4. The van der Waals surface area contributed by atoms with Crippen LogP contribution in [0.5, 0.6) is 0 Å². The number of benzene rings is 1. The van der Waals surface area contributed by atoms with Gasteiger partial charge in [-0.2, -0.15) is 5.10 Å². The first-order valence-corrected chi connectivity index (χ1v) is 6.77. The molecular weight excluding hydrogens is 255 g/mol. The van der Waals surface area contributed by atoms with Crippen LogP contribution in [0.2, 0.25) is 0 Å². The van der Waals surface area contributed by atoms with Gasteiger partial charge in [-0.1, -0.05) is 6.07 Å². The predicted molar refractivity (Wildman–Crippen MR) is 77.5 cm³/mol. The van der Waals surface area contributed by atoms with Gasteiger partial charge in [0.15, 0.2) is 0 Å². The lowest BCUT2D eigenvalue weighted by Crippen LogP contribution is -2.30. The van der Waals surface area contributed by atoms with Gasteiger partial charge in [0.2, 0.25) is 0 Å². The number of nitrogens with two attached hydrogens (primary N) is 1. The van der Waals surface area contributed by atoms with Crippen molar-refractivity contribution in [2.45, 2.75) is 39.3 Å². The zero-order valence-corrected chi connectivity index (χ0v) is 12.1. The first kappa shape index (κ1) is 14.7. The third-order valence-electron chi connectivity index (χ3n) is 3.42. The van der Waals surface area contributed by atoms with E-state index in [0.29, 0.717) is 12.5 Å². The molecule has 1 aromatic heterocycles. The first-order valence-electron chi connectivity index (χ1n) is 6.77. The Kier molecular flexibility index (Phi) is 4.52. The summed E-state index contributed by atoms with van der Waals surface area (Å²) in [5.41, 5.74) is 5.57. The van der Waals surface area contributed by atoms with Crippen LogP contribution in [0.15, 0.2) is 30.5 Å². The molecule has 2 rings (SSSR count). The molecule has 0 aliphatic rings. The Balaban J connectivity index is 2.21. The SMILES string of the molecule is Cc1ccc(F)cc1C(Cc1ccn(C(C)C)n1)NN. The molecule has 1 aromatic carbocycles. The normalized spacial score (nSPS) is 12.9. The van der Waals surface area contributed by atoms with Crippen LogP contribution in [-0.2, 0) is 6.42 Å². The van der Waals surface area contributed by atoms with E-state index in [1.165, 1.54) is 12.1 Å². The van der Waals surface area contributed by atoms with E-state index in [-0.39, 0.29) is 11.9 Å². The van der Waals surface area contributed by atoms with Crippen LogP contribution >= 0.6 is 0 Å². The molecule has 5 heteroatoms. The van der Waals surface area contributed by atoms with Gasteiger partial charge in [-0.3, -0.25) is 16.0 Å². The van der Waals surface area contributed by atoms with Gasteiger partial charge >= 0.3 is 0 Å². The average Bonchev–Trinajstić information content (AvgIpc) is 2.88. The van der Waals surface area contributed by atoms with Crippen molar-refractivity contribution in [2.24, 2.45) is 5.84 Å². The zero-order chi connectivity index (χ0) is 14.7. The lowest BCUT2D eigenvalue weighted by Gasteiger charge is -2.17. The van der Waals surface area contributed by atoms with Crippen LogP contribution < -0.4 is 11.3 Å². The minimum Gasteiger partial charge on any atom is -0.271 e. The van der Waals surface area contributed by atoms with Crippen LogP contribution in [-0.4, -0.2) is 9.78 Å². The number of nitrogens with zero attached hydrogens (tertiary/aromatic N) is 2. The second-order valence-electron chi connectivity index (χ2n) is 5.31. The molecule has 0 amide bonds. The molecule has 1 atom stereocenters. The molecule has 3 N–H and O–H groups in total. The smallest absolute Gasteiger partial charge is 0.123 e. The summed E-state index contributed by atoms with van der Waals surface area (Å²) < 4.78 is 15.3. The molecule has 0 saturated heterocycles. The van der Waals surface area contributed by atoms with Gasteiger partial charge in [0, 0.05) is 18.7 Å². The molecule has 2 aromatic rings. The fourth-order valence-electron chi connectivity index (χ4n) is 2.23. The van der Waals surface area contributed by atoms with Crippen molar-refractivity contribution in [1.82, 2.24) is 15.2 Å². The van der Waals surface area contributed by atoms with Crippen molar-refractivity contribution in [3.05, 3.63) is 53.1 Å². The van der Waals surface area contributed by atoms with E-state index >= 15 is 0 Å². The number of halogens is 1. The van der Waals surface area contributed by atoms with E-state index in [2.05, 4.69) is 24.4 Å². The molecular formula is C15H21FN4. The lowest BCUT2D eigenvalue weighted by atomic mass is 9.98. The van der Waals surface area contributed by atoms with Crippen molar-refractivity contribution in [3.8, 4) is 0 Å². The molecule has 0 radical (unpaired) electrons. The summed E-state index contributed by atoms with van der Waals surface area (Å²) in [4.78, 5) is 0. The van der Waals surface area contributed by atoms with Crippen LogP contribution in [0.25, 0.3) is 0 Å². The van der Waals surface area contributed by atoms with Crippen molar-refractivity contribution in [3.63, 3.8) is 0 Å². The van der Waals surface area contributed by atoms with Crippen LogP contribution in [0, 0.1) is 12.7 Å². The average molecular weight is 276 g/mol. The monoisotopic (exact) mass is 276 g/mol. The molecule has 20 heavy (non-hydrogen) atoms. The molecule has 0 fully saturated rings. The largest absolute Gasteiger partial charge is 0.271 e. The Morgan fingerprint density at radius 3 is 2.70 bits per heavy atom. The molecule has 1 heterocycles. The molecule has 0 aliphatic heterocycles. The Hall–Kier alpha value is -1.72. The molecule has 0 aliphatic carbocycles.